The van der Waals surface area contributed by atoms with Gasteiger partial charge in [0.15, 0.2) is 0 Å². The van der Waals surface area contributed by atoms with E-state index in [2.05, 4.69) is 5.32 Å². The summed E-state index contributed by atoms with van der Waals surface area (Å²) in [6, 6.07) is 12.1. The van der Waals surface area contributed by atoms with Gasteiger partial charge >= 0.3 is 6.16 Å². The summed E-state index contributed by atoms with van der Waals surface area (Å²) < 4.78 is 21.3. The molecule has 1 atom stereocenters. The predicted octanol–water partition coefficient (Wildman–Crippen LogP) is 4.69. The number of carbonyl (C=O) groups excluding carboxylic acids is 2. The Morgan fingerprint density at radius 1 is 0.914 bits per heavy atom. The highest BCUT2D eigenvalue weighted by Crippen LogP contribution is 2.25. The molecule has 35 heavy (non-hydrogen) atoms. The normalized spacial score (nSPS) is 11.5. The number of halogens is 1. The third-order valence-electron chi connectivity index (χ3n) is 4.72. The van der Waals surface area contributed by atoms with E-state index in [0.717, 1.165) is 22.6 Å². The van der Waals surface area contributed by atoms with E-state index in [1.807, 2.05) is 70.2 Å². The number of amides is 1. The Hall–Kier alpha value is -3.23. The molecule has 0 heterocycles. The maximum Gasteiger partial charge on any atom is 0.513 e. The van der Waals surface area contributed by atoms with Crippen molar-refractivity contribution in [2.24, 2.45) is 11.7 Å². The molecule has 1 unspecified atom stereocenters. The van der Waals surface area contributed by atoms with Gasteiger partial charge in [-0.15, -0.1) is 12.4 Å². The van der Waals surface area contributed by atoms with Crippen LogP contribution >= 0.6 is 12.4 Å². The van der Waals surface area contributed by atoms with Gasteiger partial charge in [-0.3, -0.25) is 4.79 Å². The van der Waals surface area contributed by atoms with Crippen LogP contribution in [0.25, 0.3) is 12.2 Å². The molecule has 0 radical (unpaired) electrons. The van der Waals surface area contributed by atoms with Gasteiger partial charge in [0, 0.05) is 6.07 Å². The van der Waals surface area contributed by atoms with E-state index < -0.39 is 12.2 Å². The van der Waals surface area contributed by atoms with Crippen LogP contribution in [-0.2, 0) is 9.53 Å². The van der Waals surface area contributed by atoms with Crippen molar-refractivity contribution < 1.29 is 28.5 Å². The number of benzene rings is 2. The Balaban J connectivity index is 0.00000612. The minimum Gasteiger partial charge on any atom is -0.494 e. The fraction of sp³-hybridized carbons (Fsp3) is 0.385. The van der Waals surface area contributed by atoms with Crippen molar-refractivity contribution in [1.29, 1.82) is 0 Å². The van der Waals surface area contributed by atoms with Crippen molar-refractivity contribution in [3.05, 3.63) is 53.6 Å². The van der Waals surface area contributed by atoms with Gasteiger partial charge in [-0.05, 0) is 55.2 Å². The lowest BCUT2D eigenvalue weighted by atomic mass is 10.1. The van der Waals surface area contributed by atoms with Crippen molar-refractivity contribution >= 4 is 36.6 Å². The summed E-state index contributed by atoms with van der Waals surface area (Å²) in [5, 5.41) is 2.62. The largest absolute Gasteiger partial charge is 0.513 e. The second-order valence-electron chi connectivity index (χ2n) is 7.77. The van der Waals surface area contributed by atoms with E-state index in [9.17, 15) is 9.59 Å². The molecular formula is C26H35ClN2O6. The molecule has 0 spiro atoms. The lowest BCUT2D eigenvalue weighted by molar-refractivity contribution is -0.123. The average Bonchev–Trinajstić information content (AvgIpc) is 2.81. The van der Waals surface area contributed by atoms with Gasteiger partial charge in [0.2, 0.25) is 5.91 Å². The topological polar surface area (TPSA) is 109 Å². The van der Waals surface area contributed by atoms with E-state index >= 15 is 0 Å². The number of hydrogen-bond donors (Lipinski definition) is 2. The molecule has 0 saturated carbocycles. The summed E-state index contributed by atoms with van der Waals surface area (Å²) in [4.78, 5) is 23.6. The van der Waals surface area contributed by atoms with Crippen molar-refractivity contribution in [1.82, 2.24) is 5.32 Å². The highest BCUT2D eigenvalue weighted by molar-refractivity contribution is 5.85. The number of hydrogen-bond acceptors (Lipinski definition) is 7. The molecule has 0 aliphatic rings. The zero-order valence-electron chi connectivity index (χ0n) is 20.6. The molecule has 0 aliphatic heterocycles. The number of rotatable bonds is 12. The van der Waals surface area contributed by atoms with E-state index in [-0.39, 0.29) is 37.4 Å². The third kappa shape index (κ3) is 10.7. The Morgan fingerprint density at radius 3 is 2.03 bits per heavy atom. The summed E-state index contributed by atoms with van der Waals surface area (Å²) in [6.45, 7) is 8.88. The Kier molecular flexibility index (Phi) is 13.3. The first kappa shape index (κ1) is 29.8. The first-order valence-electron chi connectivity index (χ1n) is 11.4. The number of nitrogens with two attached hydrogens (primary N) is 1. The van der Waals surface area contributed by atoms with E-state index in [4.69, 9.17) is 24.7 Å². The number of nitrogens with one attached hydrogen (secondary N) is 1. The fourth-order valence-corrected chi connectivity index (χ4v) is 2.88. The number of carbonyl (C=O) groups is 2. The second-order valence-corrected chi connectivity index (χ2v) is 7.77. The molecule has 1 amide bonds. The van der Waals surface area contributed by atoms with Crippen molar-refractivity contribution in [3.63, 3.8) is 0 Å². The van der Waals surface area contributed by atoms with Gasteiger partial charge in [-0.1, -0.05) is 38.1 Å². The molecular weight excluding hydrogens is 472 g/mol. The van der Waals surface area contributed by atoms with Crippen LogP contribution in [-0.4, -0.2) is 44.5 Å². The van der Waals surface area contributed by atoms with Crippen LogP contribution in [0.4, 0.5) is 4.79 Å². The highest BCUT2D eigenvalue weighted by atomic mass is 35.5. The van der Waals surface area contributed by atoms with Crippen LogP contribution in [0.2, 0.25) is 0 Å². The average molecular weight is 507 g/mol. The van der Waals surface area contributed by atoms with Crippen LogP contribution in [0, 0.1) is 5.92 Å². The molecule has 0 aromatic heterocycles. The summed E-state index contributed by atoms with van der Waals surface area (Å²) in [6.07, 6.45) is 3.05. The lowest BCUT2D eigenvalue weighted by Crippen LogP contribution is -2.45. The summed E-state index contributed by atoms with van der Waals surface area (Å²) >= 11 is 0. The first-order chi connectivity index (χ1) is 16.3. The molecule has 2 rings (SSSR count). The molecule has 9 heteroatoms. The lowest BCUT2D eigenvalue weighted by Gasteiger charge is -2.15. The molecule has 2 aromatic carbocycles. The number of ether oxygens (including phenoxy) is 4. The minimum atomic E-state index is -0.845. The van der Waals surface area contributed by atoms with Crippen molar-refractivity contribution in [2.45, 2.75) is 33.7 Å². The maximum absolute atomic E-state index is 11.8. The first-order valence-corrected chi connectivity index (χ1v) is 11.4. The zero-order chi connectivity index (χ0) is 24.9. The van der Waals surface area contributed by atoms with Crippen molar-refractivity contribution in [3.8, 4) is 17.2 Å². The molecule has 2 aromatic rings. The van der Waals surface area contributed by atoms with Gasteiger partial charge in [0.25, 0.3) is 0 Å². The van der Waals surface area contributed by atoms with Gasteiger partial charge in [0.1, 0.15) is 23.9 Å². The summed E-state index contributed by atoms with van der Waals surface area (Å²) in [7, 11) is 0. The molecule has 0 saturated heterocycles. The fourth-order valence-electron chi connectivity index (χ4n) is 2.88. The van der Waals surface area contributed by atoms with Crippen LogP contribution in [0.15, 0.2) is 42.5 Å². The SMILES string of the molecule is CCOc1cc(C=Cc2ccc(OC(=O)OCCNC(=O)C(N)C(C)C)cc2)cc(OCC)c1.Cl. The Labute approximate surface area is 213 Å². The molecule has 0 fully saturated rings. The molecule has 0 aliphatic carbocycles. The van der Waals surface area contributed by atoms with E-state index in [0.29, 0.717) is 19.0 Å². The van der Waals surface area contributed by atoms with Crippen LogP contribution in [0.3, 0.4) is 0 Å². The van der Waals surface area contributed by atoms with Gasteiger partial charge < -0.3 is 30.0 Å². The monoisotopic (exact) mass is 506 g/mol. The third-order valence-corrected chi connectivity index (χ3v) is 4.72. The van der Waals surface area contributed by atoms with E-state index in [1.165, 1.54) is 0 Å². The van der Waals surface area contributed by atoms with Crippen LogP contribution in [0.5, 0.6) is 17.2 Å². The Morgan fingerprint density at radius 2 is 1.49 bits per heavy atom. The van der Waals surface area contributed by atoms with Crippen LogP contribution < -0.4 is 25.3 Å². The highest BCUT2D eigenvalue weighted by Gasteiger charge is 2.16. The summed E-state index contributed by atoms with van der Waals surface area (Å²) in [5.41, 5.74) is 7.61. The molecule has 0 bridgehead atoms. The summed E-state index contributed by atoms with van der Waals surface area (Å²) in [5.74, 6) is 1.59. The quantitative estimate of drug-likeness (QED) is 0.186. The standard InChI is InChI=1S/C26H34N2O6.ClH/c1-5-31-22-15-20(16-23(17-22)32-6-2)8-7-19-9-11-21(12-10-19)34-26(30)33-14-13-28-25(29)24(27)18(3)4;/h7-12,15-18,24H,5-6,13-14,27H2,1-4H3,(H,28,29);1H. The van der Waals surface area contributed by atoms with Gasteiger partial charge in [-0.25, -0.2) is 4.79 Å². The molecule has 8 nitrogen and oxygen atoms in total. The minimum absolute atomic E-state index is 0. The van der Waals surface area contributed by atoms with Crippen LogP contribution in [0.1, 0.15) is 38.8 Å². The van der Waals surface area contributed by atoms with Gasteiger partial charge in [-0.2, -0.15) is 0 Å². The molecule has 192 valence electrons. The van der Waals surface area contributed by atoms with Crippen molar-refractivity contribution in [2.75, 3.05) is 26.4 Å². The smallest absolute Gasteiger partial charge is 0.494 e. The van der Waals surface area contributed by atoms with Gasteiger partial charge in [0.05, 0.1) is 25.8 Å². The maximum atomic E-state index is 11.8. The molecule has 3 N–H and O–H groups in total. The predicted molar refractivity (Wildman–Crippen MR) is 139 cm³/mol. The Bertz CT molecular complexity index is 939. The zero-order valence-corrected chi connectivity index (χ0v) is 21.4. The van der Waals surface area contributed by atoms with E-state index in [1.54, 1.807) is 12.1 Å². The second kappa shape index (κ2) is 15.6.